The Bertz CT molecular complexity index is 713. The van der Waals surface area contributed by atoms with Crippen molar-refractivity contribution in [3.8, 4) is 0 Å². The van der Waals surface area contributed by atoms with Crippen LogP contribution < -0.4 is 5.73 Å². The molecule has 1 saturated carbocycles. The van der Waals surface area contributed by atoms with Crippen LogP contribution in [-0.4, -0.2) is 35.4 Å². The van der Waals surface area contributed by atoms with Crippen LogP contribution in [0.2, 0.25) is 0 Å². The number of nitrogens with two attached hydrogens (primary N) is 1. The van der Waals surface area contributed by atoms with Crippen LogP contribution in [0.3, 0.4) is 0 Å². The smallest absolute Gasteiger partial charge is 0.356 e. The highest BCUT2D eigenvalue weighted by molar-refractivity contribution is 9.10. The molecule has 0 amide bonds. The van der Waals surface area contributed by atoms with Gasteiger partial charge in [-0.25, -0.2) is 4.99 Å². The lowest BCUT2D eigenvalue weighted by atomic mass is 9.60. The van der Waals surface area contributed by atoms with Crippen molar-refractivity contribution in [1.29, 1.82) is 0 Å². The van der Waals surface area contributed by atoms with E-state index in [0.29, 0.717) is 0 Å². The second kappa shape index (κ2) is 5.17. The van der Waals surface area contributed by atoms with Crippen LogP contribution in [0.15, 0.2) is 27.7 Å². The van der Waals surface area contributed by atoms with Crippen molar-refractivity contribution in [2.45, 2.75) is 49.7 Å². The summed E-state index contributed by atoms with van der Waals surface area (Å²) in [5.41, 5.74) is 5.86. The van der Waals surface area contributed by atoms with Gasteiger partial charge in [-0.15, -0.1) is 0 Å². The van der Waals surface area contributed by atoms with Crippen LogP contribution in [0.5, 0.6) is 0 Å². The molecular formula is C17H21BrN2O4. The van der Waals surface area contributed by atoms with Gasteiger partial charge in [0.05, 0.1) is 6.10 Å². The van der Waals surface area contributed by atoms with Crippen LogP contribution in [-0.2, 0) is 21.4 Å². The van der Waals surface area contributed by atoms with Crippen LogP contribution >= 0.6 is 15.9 Å². The van der Waals surface area contributed by atoms with Gasteiger partial charge < -0.3 is 25.4 Å². The number of methoxy groups -OCH3 is 1. The summed E-state index contributed by atoms with van der Waals surface area (Å²) in [5.74, 6) is -2.46. The highest BCUT2D eigenvalue weighted by atomic mass is 79.9. The van der Waals surface area contributed by atoms with Gasteiger partial charge in [0.2, 0.25) is 0 Å². The molecule has 1 aromatic carbocycles. The van der Waals surface area contributed by atoms with Gasteiger partial charge in [0.25, 0.3) is 6.02 Å². The van der Waals surface area contributed by atoms with E-state index < -0.39 is 16.9 Å². The lowest BCUT2D eigenvalue weighted by Gasteiger charge is -2.48. The third-order valence-electron chi connectivity index (χ3n) is 5.98. The van der Waals surface area contributed by atoms with Crippen molar-refractivity contribution < 1.29 is 19.7 Å². The molecule has 1 aliphatic heterocycles. The van der Waals surface area contributed by atoms with Crippen LogP contribution in [0.4, 0.5) is 0 Å². The highest BCUT2D eigenvalue weighted by Gasteiger charge is 2.72. The van der Waals surface area contributed by atoms with Crippen LogP contribution in [0.25, 0.3) is 0 Å². The van der Waals surface area contributed by atoms with E-state index in [-0.39, 0.29) is 12.1 Å². The molecule has 1 heterocycles. The van der Waals surface area contributed by atoms with Gasteiger partial charge in [0, 0.05) is 17.0 Å². The molecule has 0 aromatic heterocycles. The lowest BCUT2D eigenvalue weighted by molar-refractivity contribution is -0.347. The molecule has 1 fully saturated rings. The van der Waals surface area contributed by atoms with Crippen molar-refractivity contribution in [2.75, 3.05) is 7.11 Å². The lowest BCUT2D eigenvalue weighted by Crippen LogP contribution is -2.58. The molecule has 0 bridgehead atoms. The van der Waals surface area contributed by atoms with Crippen molar-refractivity contribution >= 4 is 22.0 Å². The molecule has 1 unspecified atom stereocenters. The van der Waals surface area contributed by atoms with E-state index in [1.165, 1.54) is 0 Å². The Labute approximate surface area is 148 Å². The first-order valence-electron chi connectivity index (χ1n) is 8.14. The largest absolute Gasteiger partial charge is 0.405 e. The Morgan fingerprint density at radius 2 is 2.04 bits per heavy atom. The Balaban J connectivity index is 1.90. The van der Waals surface area contributed by atoms with Gasteiger partial charge in [-0.05, 0) is 55.4 Å². The van der Waals surface area contributed by atoms with Crippen molar-refractivity contribution in [1.82, 2.24) is 0 Å². The Hall–Kier alpha value is -1.15. The van der Waals surface area contributed by atoms with E-state index in [1.54, 1.807) is 7.11 Å². The van der Waals surface area contributed by atoms with Gasteiger partial charge in [-0.1, -0.05) is 22.0 Å². The second-order valence-electron chi connectivity index (χ2n) is 7.06. The van der Waals surface area contributed by atoms with Gasteiger partial charge in [-0.2, -0.15) is 0 Å². The maximum Gasteiger partial charge on any atom is 0.356 e. The number of fused-ring (bicyclic) bond motifs is 3. The standard InChI is InChI=1S/C17H21BrN2O4/c1-23-12-4-6-15(7-5-12)9-10-2-3-11(18)8-13(10)16(15)17(21,22)24-14(19)20-16/h2-3,8,12,21-22H,4-7,9H2,1H3,(H2,19,20). The summed E-state index contributed by atoms with van der Waals surface area (Å²) in [6.45, 7) is 0. The molecule has 24 heavy (non-hydrogen) atoms. The molecule has 1 atom stereocenters. The zero-order valence-electron chi connectivity index (χ0n) is 13.5. The minimum absolute atomic E-state index is 0.180. The molecule has 130 valence electrons. The summed E-state index contributed by atoms with van der Waals surface area (Å²) in [6.07, 6.45) is 4.13. The van der Waals surface area contributed by atoms with E-state index in [0.717, 1.165) is 47.7 Å². The number of aliphatic imine (C=N–C) groups is 1. The number of aliphatic hydroxyl groups is 2. The summed E-state index contributed by atoms with van der Waals surface area (Å²) in [7, 11) is 1.72. The summed E-state index contributed by atoms with van der Waals surface area (Å²) < 4.78 is 11.5. The third kappa shape index (κ3) is 1.95. The zero-order chi connectivity index (χ0) is 17.2. The summed E-state index contributed by atoms with van der Waals surface area (Å²) in [4.78, 5) is 4.49. The molecule has 0 radical (unpaired) electrons. The average Bonchev–Trinajstić information content (AvgIpc) is 2.93. The Morgan fingerprint density at radius 3 is 2.62 bits per heavy atom. The molecule has 1 aromatic rings. The number of amidine groups is 1. The van der Waals surface area contributed by atoms with Gasteiger partial charge >= 0.3 is 5.97 Å². The summed E-state index contributed by atoms with van der Waals surface area (Å²) in [5, 5.41) is 21.6. The maximum absolute atomic E-state index is 10.8. The van der Waals surface area contributed by atoms with E-state index in [4.69, 9.17) is 15.2 Å². The van der Waals surface area contributed by atoms with Crippen molar-refractivity contribution in [3.05, 3.63) is 33.8 Å². The first kappa shape index (κ1) is 16.3. The van der Waals surface area contributed by atoms with Gasteiger partial charge in [-0.3, -0.25) is 0 Å². The normalized spacial score (nSPS) is 36.7. The van der Waals surface area contributed by atoms with Gasteiger partial charge in [0.15, 0.2) is 5.54 Å². The van der Waals surface area contributed by atoms with Crippen molar-refractivity contribution in [3.63, 3.8) is 0 Å². The van der Waals surface area contributed by atoms with Crippen LogP contribution in [0.1, 0.15) is 36.8 Å². The first-order valence-corrected chi connectivity index (χ1v) is 8.94. The number of halogens is 1. The molecule has 0 saturated heterocycles. The van der Waals surface area contributed by atoms with E-state index >= 15 is 0 Å². The summed E-state index contributed by atoms with van der Waals surface area (Å²) in [6, 6.07) is 5.70. The fourth-order valence-electron chi connectivity index (χ4n) is 4.92. The monoisotopic (exact) mass is 396 g/mol. The minimum atomic E-state index is -2.46. The quantitative estimate of drug-likeness (QED) is 0.628. The van der Waals surface area contributed by atoms with E-state index in [1.807, 2.05) is 18.2 Å². The SMILES string of the molecule is COC1CCC2(CC1)Cc1ccc(Br)cc1C21N=C(N)OC1(O)O. The third-order valence-corrected chi connectivity index (χ3v) is 6.47. The molecular weight excluding hydrogens is 376 g/mol. The van der Waals surface area contributed by atoms with E-state index in [9.17, 15) is 10.2 Å². The maximum atomic E-state index is 10.8. The second-order valence-corrected chi connectivity index (χ2v) is 7.98. The average molecular weight is 397 g/mol. The molecule has 4 rings (SSSR count). The molecule has 3 aliphatic rings. The predicted octanol–water partition coefficient (Wildman–Crippen LogP) is 1.76. The number of nitrogens with zero attached hydrogens (tertiary/aromatic N) is 1. The first-order chi connectivity index (χ1) is 11.3. The Morgan fingerprint density at radius 1 is 1.33 bits per heavy atom. The number of hydrogen-bond donors (Lipinski definition) is 3. The zero-order valence-corrected chi connectivity index (χ0v) is 15.0. The molecule has 7 heteroatoms. The molecule has 4 N–H and O–H groups in total. The number of benzene rings is 1. The van der Waals surface area contributed by atoms with Crippen molar-refractivity contribution in [2.24, 2.45) is 16.1 Å². The Kier molecular flexibility index (Phi) is 3.52. The topological polar surface area (TPSA) is 97.3 Å². The predicted molar refractivity (Wildman–Crippen MR) is 91.1 cm³/mol. The fraction of sp³-hybridized carbons (Fsp3) is 0.588. The van der Waals surface area contributed by atoms with Crippen LogP contribution in [0, 0.1) is 5.41 Å². The number of hydrogen-bond acceptors (Lipinski definition) is 6. The van der Waals surface area contributed by atoms with Gasteiger partial charge in [0.1, 0.15) is 0 Å². The number of ether oxygens (including phenoxy) is 2. The molecule has 6 nitrogen and oxygen atoms in total. The molecule has 2 spiro atoms. The fourth-order valence-corrected chi connectivity index (χ4v) is 5.28. The van der Waals surface area contributed by atoms with E-state index in [2.05, 4.69) is 20.9 Å². The number of rotatable bonds is 1. The summed E-state index contributed by atoms with van der Waals surface area (Å²) >= 11 is 3.48. The molecule has 2 aliphatic carbocycles. The minimum Gasteiger partial charge on any atom is -0.405 e. The highest BCUT2D eigenvalue weighted by Crippen LogP contribution is 2.65.